The van der Waals surface area contributed by atoms with Crippen molar-refractivity contribution >= 4 is 0 Å². The Morgan fingerprint density at radius 3 is 2.42 bits per heavy atom. The van der Waals surface area contributed by atoms with Gasteiger partial charge in [-0.05, 0) is 33.1 Å². The maximum Gasteiger partial charge on any atom is 0.0644 e. The van der Waals surface area contributed by atoms with E-state index < -0.39 is 0 Å². The minimum Gasteiger partial charge on any atom is -0.380 e. The number of ether oxygens (including phenoxy) is 1. The minimum absolute atomic E-state index is 0.322. The number of nitrogens with zero attached hydrogens (tertiary/aromatic N) is 2. The molecule has 0 fully saturated rings. The molecule has 0 spiro atoms. The van der Waals surface area contributed by atoms with Gasteiger partial charge in [-0.15, -0.1) is 0 Å². The average molecular weight is 267 g/mol. The van der Waals surface area contributed by atoms with Gasteiger partial charge >= 0.3 is 0 Å². The molecule has 0 aliphatic heterocycles. The molecule has 1 heterocycles. The van der Waals surface area contributed by atoms with Gasteiger partial charge < -0.3 is 10.1 Å². The van der Waals surface area contributed by atoms with Gasteiger partial charge in [0.1, 0.15) is 0 Å². The molecule has 1 aromatic heterocycles. The van der Waals surface area contributed by atoms with Crippen molar-refractivity contribution in [3.05, 3.63) is 17.0 Å². The number of aryl methyl sites for hydroxylation is 2. The van der Waals surface area contributed by atoms with E-state index in [1.807, 2.05) is 11.7 Å². The van der Waals surface area contributed by atoms with Gasteiger partial charge in [0.05, 0.1) is 12.3 Å². The largest absolute Gasteiger partial charge is 0.380 e. The quantitative estimate of drug-likeness (QED) is 0.736. The van der Waals surface area contributed by atoms with E-state index in [1.165, 1.54) is 11.3 Å². The minimum atomic E-state index is 0.322. The van der Waals surface area contributed by atoms with Crippen LogP contribution in [-0.2, 0) is 11.8 Å². The van der Waals surface area contributed by atoms with Crippen LogP contribution in [-0.4, -0.2) is 29.5 Å². The summed E-state index contributed by atoms with van der Waals surface area (Å²) in [6.07, 6.45) is 1.14. The Kier molecular flexibility index (Phi) is 6.52. The molecule has 1 rings (SSSR count). The smallest absolute Gasteiger partial charge is 0.0644 e. The van der Waals surface area contributed by atoms with Crippen molar-refractivity contribution < 1.29 is 4.74 Å². The van der Waals surface area contributed by atoms with E-state index in [2.05, 4.69) is 45.0 Å². The fourth-order valence-corrected chi connectivity index (χ4v) is 2.29. The third-order valence-electron chi connectivity index (χ3n) is 3.53. The van der Waals surface area contributed by atoms with E-state index in [1.54, 1.807) is 0 Å². The highest BCUT2D eigenvalue weighted by Gasteiger charge is 2.15. The molecular weight excluding hydrogens is 238 g/mol. The maximum absolute atomic E-state index is 5.61. The highest BCUT2D eigenvalue weighted by Crippen LogP contribution is 2.20. The summed E-state index contributed by atoms with van der Waals surface area (Å²) in [4.78, 5) is 0. The molecule has 0 saturated carbocycles. The summed E-state index contributed by atoms with van der Waals surface area (Å²) in [7, 11) is 1.99. The molecule has 110 valence electrons. The first-order chi connectivity index (χ1) is 8.93. The summed E-state index contributed by atoms with van der Waals surface area (Å²) in [5.41, 5.74) is 3.66. The van der Waals surface area contributed by atoms with Gasteiger partial charge in [0.2, 0.25) is 0 Å². The van der Waals surface area contributed by atoms with Gasteiger partial charge in [-0.2, -0.15) is 5.10 Å². The Bertz CT molecular complexity index is 385. The van der Waals surface area contributed by atoms with Gasteiger partial charge in [0.15, 0.2) is 0 Å². The molecule has 19 heavy (non-hydrogen) atoms. The number of hydrogen-bond acceptors (Lipinski definition) is 3. The summed E-state index contributed by atoms with van der Waals surface area (Å²) in [6.45, 7) is 13.3. The zero-order chi connectivity index (χ0) is 14.4. The van der Waals surface area contributed by atoms with Gasteiger partial charge in [-0.1, -0.05) is 13.8 Å². The van der Waals surface area contributed by atoms with Gasteiger partial charge in [0, 0.05) is 37.5 Å². The third kappa shape index (κ3) is 4.96. The number of aromatic nitrogens is 2. The highest BCUT2D eigenvalue weighted by molar-refractivity contribution is 5.27. The summed E-state index contributed by atoms with van der Waals surface area (Å²) in [6, 6.07) is 0.322. The fraction of sp³-hybridized carbons (Fsp3) is 0.800. The van der Waals surface area contributed by atoms with Crippen LogP contribution in [0.15, 0.2) is 0 Å². The summed E-state index contributed by atoms with van der Waals surface area (Å²) < 4.78 is 7.56. The average Bonchev–Trinajstić information content (AvgIpc) is 2.57. The lowest BCUT2D eigenvalue weighted by atomic mass is 10.1. The standard InChI is InChI=1S/C15H29N3O/c1-11(2)7-9-19-10-8-16-12(3)15-13(4)17-18(6)14(15)5/h11-12,16H,7-10H2,1-6H3. The van der Waals surface area contributed by atoms with Crippen molar-refractivity contribution in [1.29, 1.82) is 0 Å². The molecule has 4 nitrogen and oxygen atoms in total. The number of nitrogens with one attached hydrogen (secondary N) is 1. The van der Waals surface area contributed by atoms with Crippen molar-refractivity contribution in [2.75, 3.05) is 19.8 Å². The molecule has 0 radical (unpaired) electrons. The van der Waals surface area contributed by atoms with Crippen molar-refractivity contribution in [2.24, 2.45) is 13.0 Å². The van der Waals surface area contributed by atoms with Crippen LogP contribution in [0.2, 0.25) is 0 Å². The Hall–Kier alpha value is -0.870. The molecule has 0 bridgehead atoms. The third-order valence-corrected chi connectivity index (χ3v) is 3.53. The normalized spacial score (nSPS) is 13.2. The van der Waals surface area contributed by atoms with E-state index in [9.17, 15) is 0 Å². The summed E-state index contributed by atoms with van der Waals surface area (Å²) >= 11 is 0. The van der Waals surface area contributed by atoms with Crippen LogP contribution in [0.4, 0.5) is 0 Å². The Morgan fingerprint density at radius 1 is 1.21 bits per heavy atom. The number of rotatable bonds is 8. The van der Waals surface area contributed by atoms with Crippen molar-refractivity contribution in [2.45, 2.75) is 47.1 Å². The molecule has 1 atom stereocenters. The van der Waals surface area contributed by atoms with Crippen LogP contribution < -0.4 is 5.32 Å². The van der Waals surface area contributed by atoms with E-state index in [-0.39, 0.29) is 0 Å². The lowest BCUT2D eigenvalue weighted by Crippen LogP contribution is -2.24. The SMILES string of the molecule is Cc1nn(C)c(C)c1C(C)NCCOCCC(C)C. The van der Waals surface area contributed by atoms with Gasteiger partial charge in [-0.3, -0.25) is 4.68 Å². The lowest BCUT2D eigenvalue weighted by molar-refractivity contribution is 0.123. The first kappa shape index (κ1) is 16.2. The monoisotopic (exact) mass is 267 g/mol. The zero-order valence-corrected chi connectivity index (χ0v) is 13.3. The summed E-state index contributed by atoms with van der Waals surface area (Å²) in [5.74, 6) is 0.715. The molecule has 1 N–H and O–H groups in total. The molecule has 0 saturated heterocycles. The van der Waals surface area contributed by atoms with Crippen LogP contribution in [0.1, 0.15) is 50.2 Å². The lowest BCUT2D eigenvalue weighted by Gasteiger charge is -2.15. The first-order valence-corrected chi connectivity index (χ1v) is 7.24. The van der Waals surface area contributed by atoms with Gasteiger partial charge in [0.25, 0.3) is 0 Å². The number of hydrogen-bond donors (Lipinski definition) is 1. The van der Waals surface area contributed by atoms with Crippen LogP contribution in [0.5, 0.6) is 0 Å². The molecule has 0 amide bonds. The Morgan fingerprint density at radius 2 is 1.89 bits per heavy atom. The molecule has 0 aromatic carbocycles. The van der Waals surface area contributed by atoms with Crippen LogP contribution in [0.25, 0.3) is 0 Å². The Balaban J connectivity index is 2.29. The van der Waals surface area contributed by atoms with Crippen molar-refractivity contribution in [1.82, 2.24) is 15.1 Å². The van der Waals surface area contributed by atoms with Crippen molar-refractivity contribution in [3.63, 3.8) is 0 Å². The second kappa shape index (κ2) is 7.65. The van der Waals surface area contributed by atoms with Crippen LogP contribution in [0.3, 0.4) is 0 Å². The fourth-order valence-electron chi connectivity index (χ4n) is 2.29. The van der Waals surface area contributed by atoms with E-state index in [0.29, 0.717) is 12.0 Å². The molecule has 4 heteroatoms. The second-order valence-electron chi connectivity index (χ2n) is 5.68. The van der Waals surface area contributed by atoms with Crippen LogP contribution >= 0.6 is 0 Å². The summed E-state index contributed by atoms with van der Waals surface area (Å²) in [5, 5.41) is 7.96. The molecule has 0 aliphatic rings. The molecular formula is C15H29N3O. The van der Waals surface area contributed by atoms with E-state index >= 15 is 0 Å². The second-order valence-corrected chi connectivity index (χ2v) is 5.68. The molecule has 0 aliphatic carbocycles. The topological polar surface area (TPSA) is 39.1 Å². The molecule has 1 unspecified atom stereocenters. The predicted molar refractivity (Wildman–Crippen MR) is 79.4 cm³/mol. The maximum atomic E-state index is 5.61. The van der Waals surface area contributed by atoms with Crippen molar-refractivity contribution in [3.8, 4) is 0 Å². The Labute approximate surface area is 117 Å². The van der Waals surface area contributed by atoms with E-state index in [0.717, 1.165) is 31.9 Å². The van der Waals surface area contributed by atoms with Crippen LogP contribution in [0, 0.1) is 19.8 Å². The molecule has 1 aromatic rings. The zero-order valence-electron chi connectivity index (χ0n) is 13.3. The predicted octanol–water partition coefficient (Wildman–Crippen LogP) is 2.75. The highest BCUT2D eigenvalue weighted by atomic mass is 16.5. The van der Waals surface area contributed by atoms with Gasteiger partial charge in [-0.25, -0.2) is 0 Å². The first-order valence-electron chi connectivity index (χ1n) is 7.24. The van der Waals surface area contributed by atoms with E-state index in [4.69, 9.17) is 4.74 Å².